The molecule has 0 unspecified atom stereocenters. The monoisotopic (exact) mass is 631 g/mol. The number of benzene rings is 2. The summed E-state index contributed by atoms with van der Waals surface area (Å²) < 4.78 is 34.7. The number of amides is 2. The zero-order valence-electron chi connectivity index (χ0n) is 22.2. The Balaban J connectivity index is 1.33. The van der Waals surface area contributed by atoms with Crippen molar-refractivity contribution in [3.05, 3.63) is 86.5 Å². The largest absolute Gasteiger partial charge is 0.462 e. The average molecular weight is 632 g/mol. The molecule has 218 valence electrons. The van der Waals surface area contributed by atoms with Crippen LogP contribution in [0.25, 0.3) is 5.69 Å². The third kappa shape index (κ3) is 6.32. The number of nitrogens with zero attached hydrogens (tertiary/aromatic N) is 3. The minimum Gasteiger partial charge on any atom is -0.462 e. The summed E-state index contributed by atoms with van der Waals surface area (Å²) in [4.78, 5) is 39.4. The van der Waals surface area contributed by atoms with Crippen LogP contribution in [0.15, 0.2) is 47.6 Å². The summed E-state index contributed by atoms with van der Waals surface area (Å²) in [5.41, 5.74) is 1.52. The third-order valence-corrected chi connectivity index (χ3v) is 8.82. The molecular formula is C28H24ClF2N5O4S2. The van der Waals surface area contributed by atoms with Crippen LogP contribution in [0, 0.1) is 11.6 Å². The Kier molecular flexibility index (Phi) is 9.19. The van der Waals surface area contributed by atoms with Crippen LogP contribution < -0.4 is 10.6 Å². The normalized spacial score (nSPS) is 12.2. The van der Waals surface area contributed by atoms with Crippen molar-refractivity contribution in [1.82, 2.24) is 20.1 Å². The second-order valence-corrected chi connectivity index (χ2v) is 11.6. The number of anilines is 1. The first-order valence-corrected chi connectivity index (χ1v) is 15.1. The number of fused-ring (bicyclic) bond motifs is 1. The van der Waals surface area contributed by atoms with Gasteiger partial charge in [-0.15, -0.1) is 21.5 Å². The Morgan fingerprint density at radius 1 is 1.10 bits per heavy atom. The fourth-order valence-corrected chi connectivity index (χ4v) is 6.84. The Morgan fingerprint density at radius 2 is 1.88 bits per heavy atom. The Morgan fingerprint density at radius 3 is 2.62 bits per heavy atom. The number of thiophene rings is 1. The quantitative estimate of drug-likeness (QED) is 0.173. The smallest absolute Gasteiger partial charge is 0.341 e. The number of nitrogens with one attached hydrogen (secondary N) is 2. The zero-order valence-corrected chi connectivity index (χ0v) is 24.6. The lowest BCUT2D eigenvalue weighted by atomic mass is 10.1. The molecule has 14 heteroatoms. The van der Waals surface area contributed by atoms with Crippen molar-refractivity contribution >= 4 is 57.5 Å². The Labute approximate surface area is 252 Å². The molecule has 42 heavy (non-hydrogen) atoms. The first kappa shape index (κ1) is 29.7. The fourth-order valence-electron chi connectivity index (χ4n) is 4.52. The summed E-state index contributed by atoms with van der Waals surface area (Å²) in [7, 11) is 0. The van der Waals surface area contributed by atoms with E-state index < -0.39 is 23.5 Å². The van der Waals surface area contributed by atoms with Gasteiger partial charge >= 0.3 is 5.97 Å². The van der Waals surface area contributed by atoms with Crippen LogP contribution in [0.1, 0.15) is 50.3 Å². The van der Waals surface area contributed by atoms with Gasteiger partial charge in [0.25, 0.3) is 5.91 Å². The molecule has 0 saturated heterocycles. The lowest BCUT2D eigenvalue weighted by molar-refractivity contribution is -0.113. The fraction of sp³-hybridized carbons (Fsp3) is 0.250. The summed E-state index contributed by atoms with van der Waals surface area (Å²) in [6.45, 7) is 1.79. The molecule has 0 fully saturated rings. The first-order chi connectivity index (χ1) is 20.3. The van der Waals surface area contributed by atoms with Crippen molar-refractivity contribution in [3.63, 3.8) is 0 Å². The molecule has 2 amide bonds. The molecule has 4 aromatic rings. The number of aryl methyl sites for hydroxylation is 1. The summed E-state index contributed by atoms with van der Waals surface area (Å²) >= 11 is 8.45. The molecule has 5 rings (SSSR count). The van der Waals surface area contributed by atoms with E-state index in [2.05, 4.69) is 20.8 Å². The number of rotatable bonds is 10. The number of esters is 1. The topological polar surface area (TPSA) is 115 Å². The van der Waals surface area contributed by atoms with E-state index in [4.69, 9.17) is 16.3 Å². The minimum atomic E-state index is -0.774. The van der Waals surface area contributed by atoms with Gasteiger partial charge in [-0.05, 0) is 68.1 Å². The van der Waals surface area contributed by atoms with Crippen LogP contribution in [0.5, 0.6) is 0 Å². The molecule has 1 aliphatic rings. The van der Waals surface area contributed by atoms with Crippen LogP contribution in [0.3, 0.4) is 0 Å². The summed E-state index contributed by atoms with van der Waals surface area (Å²) in [5, 5.41) is 14.4. The molecule has 2 aromatic heterocycles. The van der Waals surface area contributed by atoms with Gasteiger partial charge in [0.05, 0.1) is 35.1 Å². The van der Waals surface area contributed by atoms with Crippen molar-refractivity contribution in [3.8, 4) is 5.69 Å². The van der Waals surface area contributed by atoms with Crippen molar-refractivity contribution < 1.29 is 27.9 Å². The maximum absolute atomic E-state index is 14.2. The highest BCUT2D eigenvalue weighted by Gasteiger charge is 2.28. The van der Waals surface area contributed by atoms with Gasteiger partial charge in [0.15, 0.2) is 11.0 Å². The molecule has 0 saturated carbocycles. The molecule has 0 atom stereocenters. The van der Waals surface area contributed by atoms with Crippen LogP contribution in [0.2, 0.25) is 5.02 Å². The van der Waals surface area contributed by atoms with Crippen molar-refractivity contribution in [2.75, 3.05) is 17.7 Å². The first-order valence-electron chi connectivity index (χ1n) is 12.9. The van der Waals surface area contributed by atoms with Crippen LogP contribution in [0.4, 0.5) is 13.8 Å². The molecule has 1 aliphatic carbocycles. The molecule has 0 aliphatic heterocycles. The molecule has 0 spiro atoms. The molecular weight excluding hydrogens is 608 g/mol. The van der Waals surface area contributed by atoms with Crippen molar-refractivity contribution in [2.24, 2.45) is 0 Å². The number of ether oxygens (including phenoxy) is 1. The minimum absolute atomic E-state index is 0.0446. The maximum Gasteiger partial charge on any atom is 0.341 e. The highest BCUT2D eigenvalue weighted by molar-refractivity contribution is 7.99. The number of hydrogen-bond acceptors (Lipinski definition) is 8. The molecule has 2 aromatic carbocycles. The van der Waals surface area contributed by atoms with Gasteiger partial charge in [-0.3, -0.25) is 14.2 Å². The number of halogens is 3. The zero-order chi connectivity index (χ0) is 29.8. The van der Waals surface area contributed by atoms with Crippen LogP contribution in [-0.2, 0) is 28.9 Å². The summed E-state index contributed by atoms with van der Waals surface area (Å²) in [6, 6.07) is 9.43. The highest BCUT2D eigenvalue weighted by Crippen LogP contribution is 2.39. The number of carbonyl (C=O) groups is 3. The second kappa shape index (κ2) is 13.0. The van der Waals surface area contributed by atoms with Gasteiger partial charge in [0.2, 0.25) is 5.91 Å². The van der Waals surface area contributed by atoms with E-state index in [9.17, 15) is 23.2 Å². The van der Waals surface area contributed by atoms with E-state index in [-0.39, 0.29) is 41.2 Å². The van der Waals surface area contributed by atoms with Crippen LogP contribution >= 0.6 is 34.7 Å². The number of carbonyl (C=O) groups excluding carboxylic acids is 3. The van der Waals surface area contributed by atoms with Crippen molar-refractivity contribution in [1.29, 1.82) is 0 Å². The summed E-state index contributed by atoms with van der Waals surface area (Å²) in [5.74, 6) is -2.64. The van der Waals surface area contributed by atoms with Gasteiger partial charge in [-0.2, -0.15) is 0 Å². The van der Waals surface area contributed by atoms with E-state index in [1.54, 1.807) is 11.5 Å². The average Bonchev–Trinajstić information content (AvgIpc) is 3.66. The number of hydrogen-bond donors (Lipinski definition) is 2. The SMILES string of the molecule is CCOC(=O)c1c(NC(=O)CSc2nnc(CNC(=O)c3c(F)cccc3Cl)n2-c2ccc(F)cc2)sc2c1CCC2. The van der Waals surface area contributed by atoms with Gasteiger partial charge in [-0.25, -0.2) is 13.6 Å². The van der Waals surface area contributed by atoms with Gasteiger partial charge in [0.1, 0.15) is 16.6 Å². The third-order valence-electron chi connectivity index (χ3n) is 6.37. The Hall–Kier alpha value is -3.81. The number of thioether (sulfide) groups is 1. The predicted octanol–water partition coefficient (Wildman–Crippen LogP) is 5.59. The lowest BCUT2D eigenvalue weighted by Gasteiger charge is -2.12. The van der Waals surface area contributed by atoms with E-state index in [1.165, 1.54) is 47.7 Å². The highest BCUT2D eigenvalue weighted by atomic mass is 35.5. The lowest BCUT2D eigenvalue weighted by Crippen LogP contribution is -2.26. The van der Waals surface area contributed by atoms with Crippen LogP contribution in [-0.4, -0.2) is 44.9 Å². The van der Waals surface area contributed by atoms with E-state index >= 15 is 0 Å². The predicted molar refractivity (Wildman–Crippen MR) is 156 cm³/mol. The molecule has 0 bridgehead atoms. The molecule has 2 N–H and O–H groups in total. The molecule has 9 nitrogen and oxygen atoms in total. The molecule has 2 heterocycles. The maximum atomic E-state index is 14.2. The van der Waals surface area contributed by atoms with E-state index in [0.717, 1.165) is 47.5 Å². The van der Waals surface area contributed by atoms with Gasteiger partial charge < -0.3 is 15.4 Å². The van der Waals surface area contributed by atoms with Gasteiger partial charge in [-0.1, -0.05) is 29.4 Å². The van der Waals surface area contributed by atoms with Gasteiger partial charge in [0, 0.05) is 10.6 Å². The molecule has 0 radical (unpaired) electrons. The second-order valence-electron chi connectivity index (χ2n) is 9.11. The van der Waals surface area contributed by atoms with E-state index in [1.807, 2.05) is 0 Å². The standard InChI is InChI=1S/C28H24ClF2N5O4S2/c1-2-40-27(39)23-17-5-3-8-20(17)42-26(23)33-22(37)14-41-28-35-34-21(36(28)16-11-9-15(30)10-12-16)13-32-25(38)24-18(29)6-4-7-19(24)31/h4,6-7,9-12H,2-3,5,8,13-14H2,1H3,(H,32,38)(H,33,37). The Bertz CT molecular complexity index is 1640. The van der Waals surface area contributed by atoms with E-state index in [0.29, 0.717) is 21.4 Å². The number of aromatic nitrogens is 3. The summed E-state index contributed by atoms with van der Waals surface area (Å²) in [6.07, 6.45) is 2.56. The van der Waals surface area contributed by atoms with Crippen molar-refractivity contribution in [2.45, 2.75) is 37.9 Å².